The van der Waals surface area contributed by atoms with E-state index in [0.29, 0.717) is 49.2 Å². The van der Waals surface area contributed by atoms with Crippen molar-refractivity contribution in [3.8, 4) is 23.0 Å². The molecule has 0 fully saturated rings. The molecule has 0 bridgehead atoms. The van der Waals surface area contributed by atoms with Crippen molar-refractivity contribution < 1.29 is 42.8 Å². The van der Waals surface area contributed by atoms with Gasteiger partial charge in [0.25, 0.3) is 0 Å². The highest BCUT2D eigenvalue weighted by Gasteiger charge is 2.19. The van der Waals surface area contributed by atoms with Crippen LogP contribution in [0.4, 0.5) is 9.18 Å². The Morgan fingerprint density at radius 1 is 0.875 bits per heavy atom. The predicted octanol–water partition coefficient (Wildman–Crippen LogP) is 5.22. The van der Waals surface area contributed by atoms with Crippen LogP contribution in [0.1, 0.15) is 18.9 Å². The van der Waals surface area contributed by atoms with Gasteiger partial charge in [0, 0.05) is 25.6 Å². The van der Waals surface area contributed by atoms with E-state index in [0.717, 1.165) is 5.56 Å². The second-order valence-electron chi connectivity index (χ2n) is 8.67. The van der Waals surface area contributed by atoms with E-state index in [9.17, 15) is 19.1 Å². The zero-order valence-electron chi connectivity index (χ0n) is 22.6. The highest BCUT2D eigenvalue weighted by Crippen LogP contribution is 2.20. The van der Waals surface area contributed by atoms with E-state index in [1.165, 1.54) is 24.1 Å². The van der Waals surface area contributed by atoms with Crippen molar-refractivity contribution in [3.63, 3.8) is 0 Å². The van der Waals surface area contributed by atoms with Gasteiger partial charge in [-0.25, -0.2) is 14.0 Å². The third-order valence-corrected chi connectivity index (χ3v) is 5.78. The standard InChI is InChI=1S/C30H34FNO8/c1-3-37-28(29(33)34)20-22-8-12-24(13-9-22)39-19-17-32(16-5-18-38-25-14-10-23(31)11-15-25)30(35)40-27-7-4-6-26(21-27)36-2/h4,6-15,21,28H,3,5,16-20H2,1-2H3,(H,33,34). The number of benzene rings is 3. The fourth-order valence-corrected chi connectivity index (χ4v) is 3.73. The molecule has 1 atom stereocenters. The van der Waals surface area contributed by atoms with Gasteiger partial charge >= 0.3 is 12.1 Å². The van der Waals surface area contributed by atoms with Crippen molar-refractivity contribution in [1.82, 2.24) is 4.90 Å². The fourth-order valence-electron chi connectivity index (χ4n) is 3.73. The summed E-state index contributed by atoms with van der Waals surface area (Å²) in [5.74, 6) is 0.671. The summed E-state index contributed by atoms with van der Waals surface area (Å²) in [5, 5.41) is 9.28. The van der Waals surface area contributed by atoms with Gasteiger partial charge in [0.1, 0.15) is 35.4 Å². The summed E-state index contributed by atoms with van der Waals surface area (Å²) >= 11 is 0. The first-order valence-electron chi connectivity index (χ1n) is 12.9. The molecule has 0 aliphatic carbocycles. The Balaban J connectivity index is 1.55. The minimum absolute atomic E-state index is 0.197. The number of carbonyl (C=O) groups is 2. The molecule has 1 unspecified atom stereocenters. The smallest absolute Gasteiger partial charge is 0.415 e. The van der Waals surface area contributed by atoms with Gasteiger partial charge in [-0.1, -0.05) is 18.2 Å². The van der Waals surface area contributed by atoms with E-state index < -0.39 is 18.2 Å². The lowest BCUT2D eigenvalue weighted by molar-refractivity contribution is -0.149. The maximum absolute atomic E-state index is 13.1. The second-order valence-corrected chi connectivity index (χ2v) is 8.67. The molecule has 0 heterocycles. The molecule has 1 N–H and O–H groups in total. The van der Waals surface area contributed by atoms with Crippen LogP contribution in [0.2, 0.25) is 0 Å². The van der Waals surface area contributed by atoms with E-state index in [1.807, 2.05) is 0 Å². The Bertz CT molecular complexity index is 1200. The molecule has 1 amide bonds. The molecular formula is C30H34FNO8. The maximum atomic E-state index is 13.1. The largest absolute Gasteiger partial charge is 0.497 e. The molecule has 0 aromatic heterocycles. The number of carboxylic acids is 1. The summed E-state index contributed by atoms with van der Waals surface area (Å²) in [5.41, 5.74) is 0.804. The SMILES string of the molecule is CCOC(Cc1ccc(OCCN(CCCOc2ccc(F)cc2)C(=O)Oc2cccc(OC)c2)cc1)C(=O)O. The Hall–Kier alpha value is -4.31. The van der Waals surface area contributed by atoms with Crippen LogP contribution in [-0.2, 0) is 16.0 Å². The third-order valence-electron chi connectivity index (χ3n) is 5.78. The van der Waals surface area contributed by atoms with Crippen molar-refractivity contribution >= 4 is 12.1 Å². The van der Waals surface area contributed by atoms with Crippen molar-refractivity contribution in [2.24, 2.45) is 0 Å². The molecule has 3 aromatic rings. The zero-order chi connectivity index (χ0) is 28.7. The normalized spacial score (nSPS) is 11.4. The first kappa shape index (κ1) is 30.2. The average molecular weight is 556 g/mol. The summed E-state index contributed by atoms with van der Waals surface area (Å²) in [7, 11) is 1.53. The third kappa shape index (κ3) is 10.1. The number of carboxylic acid groups (broad SMARTS) is 1. The van der Waals surface area contributed by atoms with Crippen molar-refractivity contribution in [1.29, 1.82) is 0 Å². The summed E-state index contributed by atoms with van der Waals surface area (Å²) in [6.45, 7) is 3.15. The van der Waals surface area contributed by atoms with Crippen LogP contribution in [0.3, 0.4) is 0 Å². The monoisotopic (exact) mass is 555 g/mol. The van der Waals surface area contributed by atoms with Gasteiger partial charge in [-0.3, -0.25) is 0 Å². The van der Waals surface area contributed by atoms with Crippen molar-refractivity contribution in [3.05, 3.63) is 84.2 Å². The minimum Gasteiger partial charge on any atom is -0.497 e. The van der Waals surface area contributed by atoms with Crippen LogP contribution in [-0.4, -0.2) is 68.2 Å². The first-order chi connectivity index (χ1) is 19.4. The van der Waals surface area contributed by atoms with Crippen molar-refractivity contribution in [2.45, 2.75) is 25.9 Å². The molecule has 0 radical (unpaired) electrons. The molecule has 0 aliphatic heterocycles. The molecular weight excluding hydrogens is 521 g/mol. The highest BCUT2D eigenvalue weighted by molar-refractivity contribution is 5.72. The van der Waals surface area contributed by atoms with Gasteiger partial charge in [0.2, 0.25) is 0 Å². The molecule has 10 heteroatoms. The molecule has 214 valence electrons. The lowest BCUT2D eigenvalue weighted by Gasteiger charge is -2.22. The molecule has 3 aromatic carbocycles. The number of ether oxygens (including phenoxy) is 5. The second kappa shape index (κ2) is 15.9. The number of hydrogen-bond donors (Lipinski definition) is 1. The molecule has 0 spiro atoms. The quantitative estimate of drug-likeness (QED) is 0.240. The number of nitrogens with zero attached hydrogens (tertiary/aromatic N) is 1. The number of halogens is 1. The minimum atomic E-state index is -1.01. The fraction of sp³-hybridized carbons (Fsp3) is 0.333. The van der Waals surface area contributed by atoms with E-state index in [1.54, 1.807) is 67.6 Å². The summed E-state index contributed by atoms with van der Waals surface area (Å²) < 4.78 is 40.6. The Labute approximate surface area is 233 Å². The summed E-state index contributed by atoms with van der Waals surface area (Å²) in [6, 6.07) is 19.5. The Morgan fingerprint density at radius 3 is 2.17 bits per heavy atom. The van der Waals surface area contributed by atoms with E-state index in [-0.39, 0.29) is 25.4 Å². The molecule has 0 aliphatic rings. The van der Waals surface area contributed by atoms with Crippen LogP contribution in [0, 0.1) is 5.82 Å². The highest BCUT2D eigenvalue weighted by atomic mass is 19.1. The molecule has 3 rings (SSSR count). The van der Waals surface area contributed by atoms with Gasteiger partial charge in [0.05, 0.1) is 20.3 Å². The number of rotatable bonds is 16. The topological polar surface area (TPSA) is 104 Å². The van der Waals surface area contributed by atoms with Crippen molar-refractivity contribution in [2.75, 3.05) is 40.0 Å². The number of amides is 1. The van der Waals surface area contributed by atoms with Crippen LogP contribution >= 0.6 is 0 Å². The first-order valence-corrected chi connectivity index (χ1v) is 12.9. The summed E-state index contributed by atoms with van der Waals surface area (Å²) in [4.78, 5) is 25.8. The van der Waals surface area contributed by atoms with Crippen LogP contribution < -0.4 is 18.9 Å². The van der Waals surface area contributed by atoms with Crippen LogP contribution in [0.5, 0.6) is 23.0 Å². The molecule has 9 nitrogen and oxygen atoms in total. The summed E-state index contributed by atoms with van der Waals surface area (Å²) in [6.07, 6.45) is -0.713. The van der Waals surface area contributed by atoms with Gasteiger partial charge in [-0.05, 0) is 67.4 Å². The van der Waals surface area contributed by atoms with Gasteiger partial charge in [-0.15, -0.1) is 0 Å². The van der Waals surface area contributed by atoms with Crippen LogP contribution in [0.25, 0.3) is 0 Å². The van der Waals surface area contributed by atoms with E-state index in [4.69, 9.17) is 23.7 Å². The van der Waals surface area contributed by atoms with Crippen LogP contribution in [0.15, 0.2) is 72.8 Å². The number of aliphatic carboxylic acids is 1. The van der Waals surface area contributed by atoms with E-state index >= 15 is 0 Å². The lowest BCUT2D eigenvalue weighted by Crippen LogP contribution is -2.38. The Kier molecular flexibility index (Phi) is 12.1. The number of methoxy groups -OCH3 is 1. The molecule has 40 heavy (non-hydrogen) atoms. The Morgan fingerprint density at radius 2 is 1.52 bits per heavy atom. The number of hydrogen-bond acceptors (Lipinski definition) is 7. The van der Waals surface area contributed by atoms with Gasteiger partial charge in [0.15, 0.2) is 6.10 Å². The lowest BCUT2D eigenvalue weighted by atomic mass is 10.1. The molecule has 0 saturated carbocycles. The van der Waals surface area contributed by atoms with E-state index in [2.05, 4.69) is 0 Å². The molecule has 0 saturated heterocycles. The average Bonchev–Trinajstić information content (AvgIpc) is 2.95. The van der Waals surface area contributed by atoms with Gasteiger partial charge < -0.3 is 33.7 Å². The van der Waals surface area contributed by atoms with Gasteiger partial charge in [-0.2, -0.15) is 0 Å². The predicted molar refractivity (Wildman–Crippen MR) is 146 cm³/mol. The maximum Gasteiger partial charge on any atom is 0.415 e. The number of carbonyl (C=O) groups excluding carboxylic acids is 1. The zero-order valence-corrected chi connectivity index (χ0v) is 22.6.